The van der Waals surface area contributed by atoms with Crippen LogP contribution in [0.3, 0.4) is 0 Å². The van der Waals surface area contributed by atoms with Crippen molar-refractivity contribution in [2.75, 3.05) is 26.2 Å². The van der Waals surface area contributed by atoms with Crippen molar-refractivity contribution in [2.24, 2.45) is 0 Å². The molecule has 6 heteroatoms. The Morgan fingerprint density at radius 2 is 1.56 bits per heavy atom. The van der Waals surface area contributed by atoms with Gasteiger partial charge in [-0.1, -0.05) is 25.0 Å². The number of hydrogen-bond acceptors (Lipinski definition) is 3. The average Bonchev–Trinajstić information content (AvgIpc) is 3.40. The highest BCUT2D eigenvalue weighted by Gasteiger charge is 2.45. The van der Waals surface area contributed by atoms with Crippen molar-refractivity contribution in [3.8, 4) is 0 Å². The molecule has 1 aliphatic heterocycles. The molecule has 2 aliphatic rings. The number of furan rings is 1. The van der Waals surface area contributed by atoms with Gasteiger partial charge in [-0.3, -0.25) is 9.59 Å². The molecule has 142 valence electrons. The number of nitrogens with zero attached hydrogens (tertiary/aromatic N) is 2. The quantitative estimate of drug-likeness (QED) is 0.834. The van der Waals surface area contributed by atoms with Crippen molar-refractivity contribution in [3.63, 3.8) is 0 Å². The second-order valence-corrected chi connectivity index (χ2v) is 7.39. The molecule has 0 atom stereocenters. The smallest absolute Gasteiger partial charge is 0.257 e. The van der Waals surface area contributed by atoms with E-state index in [1.807, 2.05) is 4.90 Å². The first-order valence-electron chi connectivity index (χ1n) is 9.47. The van der Waals surface area contributed by atoms with E-state index in [1.165, 1.54) is 24.7 Å². The summed E-state index contributed by atoms with van der Waals surface area (Å²) in [6.07, 6.45) is 6.53. The summed E-state index contributed by atoms with van der Waals surface area (Å²) >= 11 is 0. The number of halogens is 1. The summed E-state index contributed by atoms with van der Waals surface area (Å²) < 4.78 is 18.3. The van der Waals surface area contributed by atoms with Gasteiger partial charge in [-0.15, -0.1) is 0 Å². The molecule has 0 unspecified atom stereocenters. The van der Waals surface area contributed by atoms with Crippen LogP contribution < -0.4 is 0 Å². The van der Waals surface area contributed by atoms with Gasteiger partial charge in [-0.05, 0) is 36.6 Å². The Labute approximate surface area is 157 Å². The van der Waals surface area contributed by atoms with E-state index >= 15 is 0 Å². The molecule has 1 aliphatic carbocycles. The highest BCUT2D eigenvalue weighted by atomic mass is 19.1. The number of hydrogen-bond donors (Lipinski definition) is 0. The topological polar surface area (TPSA) is 53.8 Å². The third-order valence-corrected chi connectivity index (χ3v) is 5.89. The van der Waals surface area contributed by atoms with E-state index in [2.05, 4.69) is 0 Å². The lowest BCUT2D eigenvalue weighted by atomic mass is 9.77. The maximum atomic E-state index is 13.4. The minimum Gasteiger partial charge on any atom is -0.472 e. The van der Waals surface area contributed by atoms with E-state index < -0.39 is 5.41 Å². The van der Waals surface area contributed by atoms with Crippen LogP contribution in [0.25, 0.3) is 0 Å². The first kappa shape index (κ1) is 17.8. The summed E-state index contributed by atoms with van der Waals surface area (Å²) in [5, 5.41) is 0. The van der Waals surface area contributed by atoms with Gasteiger partial charge in [0.1, 0.15) is 12.1 Å². The van der Waals surface area contributed by atoms with E-state index in [4.69, 9.17) is 4.42 Å². The maximum Gasteiger partial charge on any atom is 0.257 e. The number of carbonyl (C=O) groups is 2. The van der Waals surface area contributed by atoms with E-state index in [-0.39, 0.29) is 17.6 Å². The Morgan fingerprint density at radius 1 is 0.926 bits per heavy atom. The van der Waals surface area contributed by atoms with Crippen LogP contribution in [-0.4, -0.2) is 47.8 Å². The predicted octanol–water partition coefficient (Wildman–Crippen LogP) is 3.22. The van der Waals surface area contributed by atoms with Crippen molar-refractivity contribution in [2.45, 2.75) is 31.1 Å². The monoisotopic (exact) mass is 370 g/mol. The summed E-state index contributed by atoms with van der Waals surface area (Å²) in [5.41, 5.74) is 0.890. The van der Waals surface area contributed by atoms with Gasteiger partial charge in [0, 0.05) is 26.2 Å². The lowest BCUT2D eigenvalue weighted by Crippen LogP contribution is -2.55. The van der Waals surface area contributed by atoms with Crippen molar-refractivity contribution in [3.05, 3.63) is 59.8 Å². The highest BCUT2D eigenvalue weighted by molar-refractivity contribution is 5.94. The third kappa shape index (κ3) is 3.24. The van der Waals surface area contributed by atoms with Crippen molar-refractivity contribution < 1.29 is 18.4 Å². The van der Waals surface area contributed by atoms with Gasteiger partial charge >= 0.3 is 0 Å². The van der Waals surface area contributed by atoms with Crippen LogP contribution in [0, 0.1) is 5.82 Å². The lowest BCUT2D eigenvalue weighted by Gasteiger charge is -2.40. The predicted molar refractivity (Wildman–Crippen MR) is 97.7 cm³/mol. The fourth-order valence-corrected chi connectivity index (χ4v) is 4.36. The van der Waals surface area contributed by atoms with Crippen molar-refractivity contribution in [1.29, 1.82) is 0 Å². The zero-order valence-electron chi connectivity index (χ0n) is 15.2. The highest BCUT2D eigenvalue weighted by Crippen LogP contribution is 2.42. The molecule has 2 aromatic rings. The molecule has 5 nitrogen and oxygen atoms in total. The minimum atomic E-state index is -0.551. The molecule has 1 aromatic carbocycles. The van der Waals surface area contributed by atoms with Crippen LogP contribution in [0.5, 0.6) is 0 Å². The van der Waals surface area contributed by atoms with E-state index in [1.54, 1.807) is 23.1 Å². The molecule has 2 fully saturated rings. The number of carbonyl (C=O) groups excluding carboxylic acids is 2. The first-order chi connectivity index (χ1) is 13.1. The fraction of sp³-hybridized carbons (Fsp3) is 0.429. The Bertz CT molecular complexity index is 802. The molecule has 0 spiro atoms. The van der Waals surface area contributed by atoms with Gasteiger partial charge in [0.05, 0.1) is 17.2 Å². The van der Waals surface area contributed by atoms with Gasteiger partial charge in [0.2, 0.25) is 5.91 Å². The van der Waals surface area contributed by atoms with Crippen LogP contribution in [0.1, 0.15) is 41.6 Å². The van der Waals surface area contributed by atoms with Gasteiger partial charge in [-0.25, -0.2) is 4.39 Å². The van der Waals surface area contributed by atoms with Crippen molar-refractivity contribution >= 4 is 11.8 Å². The Morgan fingerprint density at radius 3 is 2.15 bits per heavy atom. The molecule has 1 aromatic heterocycles. The standard InChI is InChI=1S/C21H23FN2O3/c22-18-5-3-17(4-6-18)21(8-1-2-9-21)20(26)24-12-10-23(11-13-24)19(25)16-7-14-27-15-16/h3-7,14-15H,1-2,8-13H2. The van der Waals surface area contributed by atoms with Crippen LogP contribution >= 0.6 is 0 Å². The van der Waals surface area contributed by atoms with Crippen molar-refractivity contribution in [1.82, 2.24) is 9.80 Å². The summed E-state index contributed by atoms with van der Waals surface area (Å²) in [4.78, 5) is 29.5. The average molecular weight is 370 g/mol. The van der Waals surface area contributed by atoms with Crippen LogP contribution in [0.15, 0.2) is 47.3 Å². The fourth-order valence-electron chi connectivity index (χ4n) is 4.36. The first-order valence-corrected chi connectivity index (χ1v) is 9.47. The van der Waals surface area contributed by atoms with E-state index in [9.17, 15) is 14.0 Å². The maximum absolute atomic E-state index is 13.4. The minimum absolute atomic E-state index is 0.0648. The largest absolute Gasteiger partial charge is 0.472 e. The molecule has 0 bridgehead atoms. The van der Waals surface area contributed by atoms with Gasteiger partial charge < -0.3 is 14.2 Å². The Hall–Kier alpha value is -2.63. The summed E-state index contributed by atoms with van der Waals surface area (Å²) in [6.45, 7) is 2.06. The van der Waals surface area contributed by atoms with E-state index in [0.717, 1.165) is 31.2 Å². The normalized spacial score (nSPS) is 19.3. The van der Waals surface area contributed by atoms with Crippen LogP contribution in [0.4, 0.5) is 4.39 Å². The van der Waals surface area contributed by atoms with Gasteiger partial charge in [-0.2, -0.15) is 0 Å². The summed E-state index contributed by atoms with van der Waals surface area (Å²) in [5.74, 6) is -0.238. The van der Waals surface area contributed by atoms with Gasteiger partial charge in [0.25, 0.3) is 5.91 Å². The summed E-state index contributed by atoms with van der Waals surface area (Å²) in [7, 11) is 0. The molecule has 0 radical (unpaired) electrons. The molecule has 2 amide bonds. The molecule has 0 N–H and O–H groups in total. The third-order valence-electron chi connectivity index (χ3n) is 5.89. The molecule has 1 saturated carbocycles. The second kappa shape index (κ2) is 7.18. The SMILES string of the molecule is O=C(c1ccoc1)N1CCN(C(=O)C2(c3ccc(F)cc3)CCCC2)CC1. The molecule has 27 heavy (non-hydrogen) atoms. The van der Waals surface area contributed by atoms with Crippen LogP contribution in [-0.2, 0) is 10.2 Å². The number of amides is 2. The van der Waals surface area contributed by atoms with Crippen LogP contribution in [0.2, 0.25) is 0 Å². The number of piperazine rings is 1. The number of benzene rings is 1. The second-order valence-electron chi connectivity index (χ2n) is 7.39. The number of rotatable bonds is 3. The molecular weight excluding hydrogens is 347 g/mol. The van der Waals surface area contributed by atoms with Gasteiger partial charge in [0.15, 0.2) is 0 Å². The lowest BCUT2D eigenvalue weighted by molar-refractivity contribution is -0.138. The summed E-state index contributed by atoms with van der Waals surface area (Å²) in [6, 6.07) is 8.02. The zero-order valence-corrected chi connectivity index (χ0v) is 15.2. The Kier molecular flexibility index (Phi) is 4.72. The molecule has 1 saturated heterocycles. The molecule has 4 rings (SSSR count). The Balaban J connectivity index is 1.47. The van der Waals surface area contributed by atoms with E-state index in [0.29, 0.717) is 31.7 Å². The zero-order chi connectivity index (χ0) is 18.9. The molecular formula is C21H23FN2O3. The molecule has 2 heterocycles.